The number of ether oxygens (including phenoxy) is 1. The highest BCUT2D eigenvalue weighted by Gasteiger charge is 2.43. The summed E-state index contributed by atoms with van der Waals surface area (Å²) in [5.41, 5.74) is 2.40. The molecule has 0 spiro atoms. The van der Waals surface area contributed by atoms with Gasteiger partial charge in [0.1, 0.15) is 0 Å². The van der Waals surface area contributed by atoms with Gasteiger partial charge in [-0.05, 0) is 44.1 Å². The second-order valence-corrected chi connectivity index (χ2v) is 8.36. The molecule has 5 nitrogen and oxygen atoms in total. The average Bonchev–Trinajstić information content (AvgIpc) is 3.05. The summed E-state index contributed by atoms with van der Waals surface area (Å²) < 4.78 is 5.41. The summed E-state index contributed by atoms with van der Waals surface area (Å²) in [5.74, 6) is 1.02. The number of carbonyl (C=O) groups is 2. The van der Waals surface area contributed by atoms with Crippen LogP contribution in [0.1, 0.15) is 43.2 Å². The van der Waals surface area contributed by atoms with E-state index in [4.69, 9.17) is 4.74 Å². The van der Waals surface area contributed by atoms with Crippen LogP contribution < -0.4 is 0 Å². The molecule has 4 rings (SSSR count). The van der Waals surface area contributed by atoms with Gasteiger partial charge in [0.2, 0.25) is 11.8 Å². The number of likely N-dealkylation sites (tertiary alicyclic amines) is 2. The molecule has 3 saturated heterocycles. The van der Waals surface area contributed by atoms with E-state index in [-0.39, 0.29) is 23.8 Å². The second-order valence-electron chi connectivity index (χ2n) is 8.36. The highest BCUT2D eigenvalue weighted by molar-refractivity contribution is 5.80. The Hall–Kier alpha value is -1.88. The van der Waals surface area contributed by atoms with Gasteiger partial charge in [-0.3, -0.25) is 9.59 Å². The lowest BCUT2D eigenvalue weighted by molar-refractivity contribution is -0.139. The van der Waals surface area contributed by atoms with Gasteiger partial charge in [-0.15, -0.1) is 0 Å². The fourth-order valence-electron chi connectivity index (χ4n) is 4.81. The van der Waals surface area contributed by atoms with Crippen molar-refractivity contribution in [2.45, 2.75) is 51.6 Å². The summed E-state index contributed by atoms with van der Waals surface area (Å²) in [5, 5.41) is 0. The predicted molar refractivity (Wildman–Crippen MR) is 103 cm³/mol. The van der Waals surface area contributed by atoms with Crippen molar-refractivity contribution in [3.05, 3.63) is 35.4 Å². The van der Waals surface area contributed by atoms with Crippen molar-refractivity contribution in [1.82, 2.24) is 9.80 Å². The molecule has 3 aliphatic heterocycles. The molecule has 5 heteroatoms. The Morgan fingerprint density at radius 2 is 1.85 bits per heavy atom. The maximum Gasteiger partial charge on any atom is 0.225 e. The average molecular weight is 370 g/mol. The van der Waals surface area contributed by atoms with Crippen LogP contribution in [-0.2, 0) is 20.9 Å². The summed E-state index contributed by atoms with van der Waals surface area (Å²) >= 11 is 0. The molecule has 3 heterocycles. The molecule has 0 aromatic heterocycles. The van der Waals surface area contributed by atoms with Crippen LogP contribution in [0.2, 0.25) is 0 Å². The summed E-state index contributed by atoms with van der Waals surface area (Å²) in [6, 6.07) is 8.59. The maximum atomic E-state index is 13.0. The molecule has 146 valence electrons. The first-order valence-corrected chi connectivity index (χ1v) is 10.3. The molecule has 2 amide bonds. The molecule has 0 saturated carbocycles. The number of rotatable bonds is 3. The zero-order chi connectivity index (χ0) is 18.8. The first kappa shape index (κ1) is 18.5. The molecule has 0 radical (unpaired) electrons. The van der Waals surface area contributed by atoms with Crippen molar-refractivity contribution >= 4 is 11.8 Å². The number of aryl methyl sites for hydroxylation is 1. The number of hydrogen-bond donors (Lipinski definition) is 0. The van der Waals surface area contributed by atoms with Crippen LogP contribution in [-0.4, -0.2) is 54.0 Å². The highest BCUT2D eigenvalue weighted by atomic mass is 16.5. The Labute approximate surface area is 161 Å². The van der Waals surface area contributed by atoms with Gasteiger partial charge in [-0.2, -0.15) is 0 Å². The Kier molecular flexibility index (Phi) is 5.48. The van der Waals surface area contributed by atoms with Crippen molar-refractivity contribution in [3.63, 3.8) is 0 Å². The third-order valence-corrected chi connectivity index (χ3v) is 6.45. The number of benzene rings is 1. The summed E-state index contributed by atoms with van der Waals surface area (Å²) in [6.07, 6.45) is 4.27. The zero-order valence-corrected chi connectivity index (χ0v) is 16.2. The van der Waals surface area contributed by atoms with Crippen LogP contribution in [0.25, 0.3) is 0 Å². The Bertz CT molecular complexity index is 681. The fraction of sp³-hybridized carbons (Fsp3) is 0.636. The highest BCUT2D eigenvalue weighted by Crippen LogP contribution is 2.33. The fourth-order valence-corrected chi connectivity index (χ4v) is 4.81. The van der Waals surface area contributed by atoms with Crippen LogP contribution in [0.15, 0.2) is 24.3 Å². The quantitative estimate of drug-likeness (QED) is 0.822. The minimum absolute atomic E-state index is 0.0994. The van der Waals surface area contributed by atoms with E-state index in [1.807, 2.05) is 4.90 Å². The summed E-state index contributed by atoms with van der Waals surface area (Å²) in [7, 11) is 0. The largest absolute Gasteiger partial charge is 0.381 e. The van der Waals surface area contributed by atoms with Gasteiger partial charge in [-0.1, -0.05) is 29.8 Å². The van der Waals surface area contributed by atoms with E-state index in [0.29, 0.717) is 38.6 Å². The van der Waals surface area contributed by atoms with Gasteiger partial charge in [-0.25, -0.2) is 0 Å². The molecular weight excluding hydrogens is 340 g/mol. The monoisotopic (exact) mass is 370 g/mol. The summed E-state index contributed by atoms with van der Waals surface area (Å²) in [6.45, 7) is 5.61. The van der Waals surface area contributed by atoms with Crippen molar-refractivity contribution in [1.29, 1.82) is 0 Å². The molecule has 27 heavy (non-hydrogen) atoms. The normalized spacial score (nSPS) is 26.8. The smallest absolute Gasteiger partial charge is 0.225 e. The van der Waals surface area contributed by atoms with Gasteiger partial charge in [0.05, 0.1) is 6.04 Å². The van der Waals surface area contributed by atoms with E-state index in [1.165, 1.54) is 11.1 Å². The molecule has 0 bridgehead atoms. The van der Waals surface area contributed by atoms with Crippen LogP contribution >= 0.6 is 0 Å². The van der Waals surface area contributed by atoms with Gasteiger partial charge in [0.25, 0.3) is 0 Å². The van der Waals surface area contributed by atoms with Crippen LogP contribution in [0.3, 0.4) is 0 Å². The SMILES string of the molecule is Cc1ccc(CN2C(=O)CCC[C@@H]3CN(C(=O)C4CCOCC4)C[C@@H]32)cc1. The molecular formula is C22H30N2O3. The van der Waals surface area contributed by atoms with E-state index in [1.54, 1.807) is 0 Å². The lowest BCUT2D eigenvalue weighted by Crippen LogP contribution is -2.44. The first-order chi connectivity index (χ1) is 13.1. The van der Waals surface area contributed by atoms with Crippen LogP contribution in [0.4, 0.5) is 0 Å². The molecule has 3 aliphatic rings. The van der Waals surface area contributed by atoms with Crippen molar-refractivity contribution in [2.75, 3.05) is 26.3 Å². The number of fused-ring (bicyclic) bond motifs is 1. The minimum atomic E-state index is 0.0994. The molecule has 3 fully saturated rings. The van der Waals surface area contributed by atoms with Gasteiger partial charge in [0.15, 0.2) is 0 Å². The number of hydrogen-bond acceptors (Lipinski definition) is 3. The number of carbonyl (C=O) groups excluding carboxylic acids is 2. The third kappa shape index (κ3) is 4.03. The lowest BCUT2D eigenvalue weighted by atomic mass is 9.97. The predicted octanol–water partition coefficient (Wildman–Crippen LogP) is 2.76. The van der Waals surface area contributed by atoms with E-state index in [0.717, 1.165) is 32.2 Å². The zero-order valence-electron chi connectivity index (χ0n) is 16.2. The topological polar surface area (TPSA) is 49.9 Å². The molecule has 1 aromatic rings. The third-order valence-electron chi connectivity index (χ3n) is 6.45. The Balaban J connectivity index is 1.48. The Morgan fingerprint density at radius 1 is 1.11 bits per heavy atom. The Morgan fingerprint density at radius 3 is 2.59 bits per heavy atom. The van der Waals surface area contributed by atoms with Crippen molar-refractivity contribution in [2.24, 2.45) is 11.8 Å². The van der Waals surface area contributed by atoms with E-state index in [9.17, 15) is 9.59 Å². The molecule has 0 unspecified atom stereocenters. The van der Waals surface area contributed by atoms with Gasteiger partial charge >= 0.3 is 0 Å². The first-order valence-electron chi connectivity index (χ1n) is 10.3. The number of amides is 2. The van der Waals surface area contributed by atoms with Crippen molar-refractivity contribution < 1.29 is 14.3 Å². The standard InChI is InChI=1S/C22H30N2O3/c1-16-5-7-17(8-6-16)13-24-20-15-23(14-19(20)3-2-4-21(24)25)22(26)18-9-11-27-12-10-18/h5-8,18-20H,2-4,9-15H2,1H3/t19-,20+/m1/s1. The van der Waals surface area contributed by atoms with E-state index in [2.05, 4.69) is 36.1 Å². The van der Waals surface area contributed by atoms with Crippen molar-refractivity contribution in [3.8, 4) is 0 Å². The maximum absolute atomic E-state index is 13.0. The summed E-state index contributed by atoms with van der Waals surface area (Å²) in [4.78, 5) is 29.9. The van der Waals surface area contributed by atoms with Crippen LogP contribution in [0, 0.1) is 18.8 Å². The van der Waals surface area contributed by atoms with Crippen LogP contribution in [0.5, 0.6) is 0 Å². The minimum Gasteiger partial charge on any atom is -0.381 e. The molecule has 0 N–H and O–H groups in total. The second kappa shape index (κ2) is 8.01. The van der Waals surface area contributed by atoms with E-state index >= 15 is 0 Å². The molecule has 1 aromatic carbocycles. The van der Waals surface area contributed by atoms with E-state index < -0.39 is 0 Å². The molecule has 2 atom stereocenters. The van der Waals surface area contributed by atoms with Gasteiger partial charge < -0.3 is 14.5 Å². The number of nitrogens with zero attached hydrogens (tertiary/aromatic N) is 2. The lowest BCUT2D eigenvalue weighted by Gasteiger charge is -2.31. The van der Waals surface area contributed by atoms with Gasteiger partial charge in [0, 0.05) is 45.2 Å². The molecule has 0 aliphatic carbocycles.